The number of piperazine rings is 1. The lowest BCUT2D eigenvalue weighted by Gasteiger charge is -2.34. The lowest BCUT2D eigenvalue weighted by Crippen LogP contribution is -2.52. The summed E-state index contributed by atoms with van der Waals surface area (Å²) in [5.74, 6) is -0.0445. The Morgan fingerprint density at radius 1 is 1.28 bits per heavy atom. The van der Waals surface area contributed by atoms with E-state index in [9.17, 15) is 9.59 Å². The van der Waals surface area contributed by atoms with E-state index in [0.717, 1.165) is 18.7 Å². The summed E-state index contributed by atoms with van der Waals surface area (Å²) >= 11 is 6.17. The zero-order valence-electron chi connectivity index (χ0n) is 13.9. The number of nitrogens with one attached hydrogen (secondary N) is 1. The van der Waals surface area contributed by atoms with Crippen molar-refractivity contribution < 1.29 is 4.79 Å². The number of hydrogen-bond donors (Lipinski definition) is 1. The fraction of sp³-hybridized carbons (Fsp3) is 0.333. The molecule has 25 heavy (non-hydrogen) atoms. The zero-order valence-corrected chi connectivity index (χ0v) is 15.5. The van der Waals surface area contributed by atoms with Gasteiger partial charge in [0, 0.05) is 43.0 Å². The van der Waals surface area contributed by atoms with Crippen LogP contribution in [-0.2, 0) is 6.54 Å². The van der Waals surface area contributed by atoms with Crippen molar-refractivity contribution in [2.75, 3.05) is 19.6 Å². The Morgan fingerprint density at radius 3 is 2.76 bits per heavy atom. The molecule has 7 heteroatoms. The van der Waals surface area contributed by atoms with Gasteiger partial charge >= 0.3 is 0 Å². The van der Waals surface area contributed by atoms with Gasteiger partial charge in [0.05, 0.1) is 12.1 Å². The summed E-state index contributed by atoms with van der Waals surface area (Å²) in [7, 11) is 0. The number of carbonyl (C=O) groups excluding carboxylic acids is 1. The number of hydrogen-bond acceptors (Lipinski definition) is 3. The Hall–Kier alpha value is -1.82. The van der Waals surface area contributed by atoms with E-state index in [1.807, 2.05) is 30.0 Å². The molecule has 0 radical (unpaired) electrons. The molecule has 0 aliphatic carbocycles. The predicted octanol–water partition coefficient (Wildman–Crippen LogP) is 2.41. The first-order valence-electron chi connectivity index (χ1n) is 8.02. The summed E-state index contributed by atoms with van der Waals surface area (Å²) in [5, 5.41) is 3.87. The first kappa shape index (κ1) is 19.5. The molecule has 0 spiro atoms. The van der Waals surface area contributed by atoms with Crippen LogP contribution in [0.1, 0.15) is 22.8 Å². The molecule has 1 fully saturated rings. The van der Waals surface area contributed by atoms with Gasteiger partial charge in [0.25, 0.3) is 11.5 Å². The van der Waals surface area contributed by atoms with Crippen LogP contribution in [0.4, 0.5) is 0 Å². The Balaban J connectivity index is 0.00000225. The molecule has 1 aliphatic heterocycles. The van der Waals surface area contributed by atoms with Crippen molar-refractivity contribution in [3.8, 4) is 0 Å². The van der Waals surface area contributed by atoms with E-state index in [4.69, 9.17) is 11.6 Å². The van der Waals surface area contributed by atoms with Gasteiger partial charge in [0.2, 0.25) is 0 Å². The third-order valence-corrected chi connectivity index (χ3v) is 4.66. The Bertz CT molecular complexity index is 807. The third-order valence-electron chi connectivity index (χ3n) is 4.29. The van der Waals surface area contributed by atoms with Gasteiger partial charge in [-0.05, 0) is 24.6 Å². The van der Waals surface area contributed by atoms with Crippen molar-refractivity contribution in [2.24, 2.45) is 0 Å². The van der Waals surface area contributed by atoms with E-state index in [1.165, 1.54) is 10.6 Å². The van der Waals surface area contributed by atoms with Crippen molar-refractivity contribution in [3.63, 3.8) is 0 Å². The molecule has 0 unspecified atom stereocenters. The number of pyridine rings is 1. The maximum Gasteiger partial charge on any atom is 0.255 e. The molecule has 0 saturated carbocycles. The molecule has 134 valence electrons. The fourth-order valence-electron chi connectivity index (χ4n) is 2.90. The molecule has 1 N–H and O–H groups in total. The minimum absolute atomic E-state index is 0. The van der Waals surface area contributed by atoms with Crippen LogP contribution in [0.25, 0.3) is 0 Å². The van der Waals surface area contributed by atoms with Crippen LogP contribution in [0.5, 0.6) is 0 Å². The smallest absolute Gasteiger partial charge is 0.255 e. The molecular weight excluding hydrogens is 361 g/mol. The van der Waals surface area contributed by atoms with Crippen molar-refractivity contribution in [3.05, 3.63) is 69.1 Å². The van der Waals surface area contributed by atoms with Gasteiger partial charge in [0.1, 0.15) is 0 Å². The first-order chi connectivity index (χ1) is 11.6. The van der Waals surface area contributed by atoms with Gasteiger partial charge < -0.3 is 14.8 Å². The van der Waals surface area contributed by atoms with Gasteiger partial charge in [-0.2, -0.15) is 0 Å². The van der Waals surface area contributed by atoms with Crippen LogP contribution < -0.4 is 10.9 Å². The second-order valence-electron chi connectivity index (χ2n) is 6.03. The van der Waals surface area contributed by atoms with E-state index in [-0.39, 0.29) is 29.9 Å². The van der Waals surface area contributed by atoms with Crippen molar-refractivity contribution >= 4 is 29.9 Å². The first-order valence-corrected chi connectivity index (χ1v) is 8.39. The largest absolute Gasteiger partial charge is 0.333 e. The SMILES string of the molecule is C[C@H]1CNCCN1C(=O)c1ccc(=O)n(Cc2ccccc2Cl)c1.Cl. The lowest BCUT2D eigenvalue weighted by molar-refractivity contribution is 0.0655. The van der Waals surface area contributed by atoms with Crippen LogP contribution in [0.15, 0.2) is 47.4 Å². The Labute approximate surface area is 158 Å². The number of amides is 1. The molecule has 1 aliphatic rings. The lowest BCUT2D eigenvalue weighted by atomic mass is 10.1. The van der Waals surface area contributed by atoms with E-state index in [0.29, 0.717) is 23.7 Å². The van der Waals surface area contributed by atoms with Gasteiger partial charge in [-0.3, -0.25) is 9.59 Å². The molecule has 0 bridgehead atoms. The highest BCUT2D eigenvalue weighted by Gasteiger charge is 2.24. The average Bonchev–Trinajstić information content (AvgIpc) is 2.58. The van der Waals surface area contributed by atoms with Crippen LogP contribution in [0.3, 0.4) is 0 Å². The minimum atomic E-state index is -0.153. The van der Waals surface area contributed by atoms with Gasteiger partial charge in [-0.1, -0.05) is 29.8 Å². The maximum absolute atomic E-state index is 12.7. The summed E-state index contributed by atoms with van der Waals surface area (Å²) in [6.45, 7) is 4.60. The van der Waals surface area contributed by atoms with E-state index >= 15 is 0 Å². The van der Waals surface area contributed by atoms with Gasteiger partial charge in [0.15, 0.2) is 0 Å². The Kier molecular flexibility index (Phi) is 6.64. The number of carbonyl (C=O) groups is 1. The topological polar surface area (TPSA) is 54.3 Å². The highest BCUT2D eigenvalue weighted by molar-refractivity contribution is 6.31. The van der Waals surface area contributed by atoms with Gasteiger partial charge in [-0.15, -0.1) is 12.4 Å². The fourth-order valence-corrected chi connectivity index (χ4v) is 3.10. The standard InChI is InChI=1S/C18H20ClN3O2.ClH/c1-13-10-20-8-9-22(13)18(24)15-6-7-17(23)21(12-15)11-14-4-2-3-5-16(14)19;/h2-7,12-13,20H,8-11H2,1H3;1H/t13-;/m0./s1. The summed E-state index contributed by atoms with van der Waals surface area (Å²) in [6.07, 6.45) is 1.63. The molecule has 1 aromatic carbocycles. The van der Waals surface area contributed by atoms with E-state index in [1.54, 1.807) is 18.3 Å². The number of aromatic nitrogens is 1. The van der Waals surface area contributed by atoms with Gasteiger partial charge in [-0.25, -0.2) is 0 Å². The minimum Gasteiger partial charge on any atom is -0.333 e. The second kappa shape index (κ2) is 8.52. The number of nitrogens with zero attached hydrogens (tertiary/aromatic N) is 2. The molecule has 5 nitrogen and oxygen atoms in total. The highest BCUT2D eigenvalue weighted by atomic mass is 35.5. The van der Waals surface area contributed by atoms with Crippen LogP contribution >= 0.6 is 24.0 Å². The summed E-state index contributed by atoms with van der Waals surface area (Å²) in [5.41, 5.74) is 1.22. The number of benzene rings is 1. The second-order valence-corrected chi connectivity index (χ2v) is 6.43. The molecule has 1 amide bonds. The normalized spacial score (nSPS) is 17.0. The van der Waals surface area contributed by atoms with Crippen LogP contribution in [-0.4, -0.2) is 41.1 Å². The average molecular weight is 382 g/mol. The number of halogens is 2. The molecule has 3 rings (SSSR count). The predicted molar refractivity (Wildman–Crippen MR) is 102 cm³/mol. The maximum atomic E-state index is 12.7. The molecule has 2 heterocycles. The van der Waals surface area contributed by atoms with E-state index < -0.39 is 0 Å². The molecule has 1 saturated heterocycles. The Morgan fingerprint density at radius 2 is 2.04 bits per heavy atom. The zero-order chi connectivity index (χ0) is 17.1. The summed E-state index contributed by atoms with van der Waals surface area (Å²) < 4.78 is 1.53. The van der Waals surface area contributed by atoms with Crippen molar-refractivity contribution in [2.45, 2.75) is 19.5 Å². The van der Waals surface area contributed by atoms with Crippen molar-refractivity contribution in [1.29, 1.82) is 0 Å². The van der Waals surface area contributed by atoms with Crippen LogP contribution in [0.2, 0.25) is 5.02 Å². The van der Waals surface area contributed by atoms with Crippen LogP contribution in [0, 0.1) is 0 Å². The molecule has 1 aromatic heterocycles. The van der Waals surface area contributed by atoms with Crippen molar-refractivity contribution in [1.82, 2.24) is 14.8 Å². The third kappa shape index (κ3) is 4.42. The molecule has 1 atom stereocenters. The molecular formula is C18H21Cl2N3O2. The quantitative estimate of drug-likeness (QED) is 0.887. The summed E-state index contributed by atoms with van der Waals surface area (Å²) in [4.78, 5) is 26.7. The highest BCUT2D eigenvalue weighted by Crippen LogP contribution is 2.16. The van der Waals surface area contributed by atoms with E-state index in [2.05, 4.69) is 5.32 Å². The summed E-state index contributed by atoms with van der Waals surface area (Å²) in [6, 6.07) is 10.6. The number of rotatable bonds is 3. The molecule has 2 aromatic rings. The monoisotopic (exact) mass is 381 g/mol.